The van der Waals surface area contributed by atoms with Crippen LogP contribution in [0.15, 0.2) is 54.7 Å². The van der Waals surface area contributed by atoms with Gasteiger partial charge in [0.05, 0.1) is 29.3 Å². The monoisotopic (exact) mass is 395 g/mol. The van der Waals surface area contributed by atoms with Crippen LogP contribution in [0.1, 0.15) is 6.42 Å². The minimum Gasteiger partial charge on any atom is -0.497 e. The summed E-state index contributed by atoms with van der Waals surface area (Å²) in [6.07, 6.45) is 1.81. The van der Waals surface area contributed by atoms with Gasteiger partial charge in [-0.3, -0.25) is 14.6 Å². The molecule has 1 saturated heterocycles. The third-order valence-electron chi connectivity index (χ3n) is 4.84. The molecule has 4 rings (SSSR count). The molecular formula is C21H18ClN3O3. The number of carbonyl (C=O) groups excluding carboxylic acids is 2. The Kier molecular flexibility index (Phi) is 4.88. The summed E-state index contributed by atoms with van der Waals surface area (Å²) in [6, 6.07) is 14.4. The number of pyridine rings is 1. The number of anilines is 2. The summed E-state index contributed by atoms with van der Waals surface area (Å²) >= 11 is 6.19. The minimum absolute atomic E-state index is 0.0870. The van der Waals surface area contributed by atoms with Crippen molar-refractivity contribution < 1.29 is 14.3 Å². The molecule has 2 amide bonds. The lowest BCUT2D eigenvalue weighted by molar-refractivity contribution is -0.122. The second-order valence-corrected chi connectivity index (χ2v) is 7.00. The molecule has 1 N–H and O–H groups in total. The van der Waals surface area contributed by atoms with Gasteiger partial charge in [0.15, 0.2) is 0 Å². The zero-order chi connectivity index (χ0) is 19.7. The second kappa shape index (κ2) is 7.48. The molecule has 2 heterocycles. The molecule has 0 radical (unpaired) electrons. The van der Waals surface area contributed by atoms with E-state index in [-0.39, 0.29) is 18.2 Å². The molecule has 2 aromatic carbocycles. The van der Waals surface area contributed by atoms with Crippen LogP contribution in [-0.4, -0.2) is 30.5 Å². The highest BCUT2D eigenvalue weighted by Crippen LogP contribution is 2.31. The molecule has 1 atom stereocenters. The van der Waals surface area contributed by atoms with Crippen LogP contribution < -0.4 is 15.0 Å². The van der Waals surface area contributed by atoms with Crippen LogP contribution in [-0.2, 0) is 9.59 Å². The van der Waals surface area contributed by atoms with Crippen LogP contribution in [0, 0.1) is 5.92 Å². The van der Waals surface area contributed by atoms with E-state index in [0.717, 1.165) is 11.1 Å². The fourth-order valence-electron chi connectivity index (χ4n) is 3.39. The number of aromatic nitrogens is 1. The Balaban J connectivity index is 1.54. The molecule has 0 aliphatic carbocycles. The maximum Gasteiger partial charge on any atom is 0.229 e. The van der Waals surface area contributed by atoms with Gasteiger partial charge >= 0.3 is 0 Å². The molecule has 1 aromatic heterocycles. The Labute approximate surface area is 167 Å². The second-order valence-electron chi connectivity index (χ2n) is 6.59. The molecule has 28 heavy (non-hydrogen) atoms. The molecule has 7 heteroatoms. The normalized spacial score (nSPS) is 16.4. The van der Waals surface area contributed by atoms with E-state index in [4.69, 9.17) is 16.3 Å². The van der Waals surface area contributed by atoms with Gasteiger partial charge in [0.2, 0.25) is 11.8 Å². The summed E-state index contributed by atoms with van der Waals surface area (Å²) in [6.45, 7) is 0.321. The number of ether oxygens (including phenoxy) is 1. The van der Waals surface area contributed by atoms with E-state index in [0.29, 0.717) is 28.5 Å². The summed E-state index contributed by atoms with van der Waals surface area (Å²) in [5.74, 6) is -0.0679. The lowest BCUT2D eigenvalue weighted by Gasteiger charge is -2.17. The van der Waals surface area contributed by atoms with Crippen molar-refractivity contribution >= 4 is 45.7 Å². The van der Waals surface area contributed by atoms with Gasteiger partial charge in [-0.15, -0.1) is 0 Å². The molecule has 6 nitrogen and oxygen atoms in total. The van der Waals surface area contributed by atoms with Crippen molar-refractivity contribution in [2.75, 3.05) is 23.9 Å². The molecule has 1 aliphatic heterocycles. The average Bonchev–Trinajstić information content (AvgIpc) is 3.12. The number of carbonyl (C=O) groups is 2. The van der Waals surface area contributed by atoms with E-state index < -0.39 is 5.92 Å². The largest absolute Gasteiger partial charge is 0.497 e. The molecule has 1 unspecified atom stereocenters. The zero-order valence-electron chi connectivity index (χ0n) is 15.2. The number of rotatable bonds is 4. The first-order valence-corrected chi connectivity index (χ1v) is 9.23. The number of halogens is 1. The maximum atomic E-state index is 12.8. The molecule has 0 saturated carbocycles. The van der Waals surface area contributed by atoms with Crippen molar-refractivity contribution in [3.05, 3.63) is 59.8 Å². The molecule has 3 aromatic rings. The van der Waals surface area contributed by atoms with Crippen LogP contribution in [0.2, 0.25) is 5.02 Å². The highest BCUT2D eigenvalue weighted by molar-refractivity contribution is 6.35. The van der Waals surface area contributed by atoms with Crippen molar-refractivity contribution in [2.45, 2.75) is 6.42 Å². The van der Waals surface area contributed by atoms with Crippen molar-refractivity contribution in [1.82, 2.24) is 4.98 Å². The molecule has 0 bridgehead atoms. The minimum atomic E-state index is -0.443. The number of nitrogens with one attached hydrogen (secondary N) is 1. The van der Waals surface area contributed by atoms with E-state index in [1.54, 1.807) is 42.5 Å². The topological polar surface area (TPSA) is 71.5 Å². The summed E-state index contributed by atoms with van der Waals surface area (Å²) in [5, 5.41) is 4.21. The van der Waals surface area contributed by atoms with Gasteiger partial charge in [-0.05, 0) is 36.4 Å². The SMILES string of the molecule is COc1cccc(N2CC(C(=O)Nc3ccc(Cl)c4ncccc34)CC2=O)c1. The van der Waals surface area contributed by atoms with Crippen LogP contribution in [0.4, 0.5) is 11.4 Å². The van der Waals surface area contributed by atoms with Crippen molar-refractivity contribution in [3.63, 3.8) is 0 Å². The van der Waals surface area contributed by atoms with Crippen LogP contribution >= 0.6 is 11.6 Å². The number of nitrogens with zero attached hydrogens (tertiary/aromatic N) is 2. The van der Waals surface area contributed by atoms with Crippen molar-refractivity contribution in [1.29, 1.82) is 0 Å². The molecule has 0 spiro atoms. The quantitative estimate of drug-likeness (QED) is 0.727. The Morgan fingerprint density at radius 3 is 2.93 bits per heavy atom. The predicted molar refractivity (Wildman–Crippen MR) is 109 cm³/mol. The van der Waals surface area contributed by atoms with E-state index in [1.165, 1.54) is 0 Å². The Hall–Kier alpha value is -3.12. The van der Waals surface area contributed by atoms with Gasteiger partial charge in [-0.1, -0.05) is 17.7 Å². The van der Waals surface area contributed by atoms with Crippen LogP contribution in [0.25, 0.3) is 10.9 Å². The number of benzene rings is 2. The molecular weight excluding hydrogens is 378 g/mol. The highest BCUT2D eigenvalue weighted by atomic mass is 35.5. The number of hydrogen-bond acceptors (Lipinski definition) is 4. The standard InChI is InChI=1S/C21H18ClN3O3/c1-28-15-5-2-4-14(11-15)25-12-13(10-19(25)26)21(27)24-18-8-7-17(22)20-16(18)6-3-9-23-20/h2-9,11,13H,10,12H2,1H3,(H,24,27). The first-order valence-electron chi connectivity index (χ1n) is 8.85. The van der Waals surface area contributed by atoms with Gasteiger partial charge in [0.1, 0.15) is 5.75 Å². The average molecular weight is 396 g/mol. The van der Waals surface area contributed by atoms with Gasteiger partial charge in [0, 0.05) is 36.3 Å². The summed E-state index contributed by atoms with van der Waals surface area (Å²) < 4.78 is 5.22. The van der Waals surface area contributed by atoms with Crippen LogP contribution in [0.5, 0.6) is 5.75 Å². The third-order valence-corrected chi connectivity index (χ3v) is 5.14. The number of fused-ring (bicyclic) bond motifs is 1. The van der Waals surface area contributed by atoms with Crippen LogP contribution in [0.3, 0.4) is 0 Å². The first kappa shape index (κ1) is 18.3. The number of methoxy groups -OCH3 is 1. The third kappa shape index (κ3) is 3.39. The van der Waals surface area contributed by atoms with Crippen molar-refractivity contribution in [2.24, 2.45) is 5.92 Å². The van der Waals surface area contributed by atoms with Gasteiger partial charge < -0.3 is 15.0 Å². The summed E-state index contributed by atoms with van der Waals surface area (Å²) in [7, 11) is 1.58. The highest BCUT2D eigenvalue weighted by Gasteiger charge is 2.35. The van der Waals surface area contributed by atoms with E-state index in [9.17, 15) is 9.59 Å². The lowest BCUT2D eigenvalue weighted by Crippen LogP contribution is -2.28. The molecule has 1 fully saturated rings. The predicted octanol–water partition coefficient (Wildman–Crippen LogP) is 3.89. The summed E-state index contributed by atoms with van der Waals surface area (Å²) in [5.41, 5.74) is 1.98. The van der Waals surface area contributed by atoms with E-state index >= 15 is 0 Å². The zero-order valence-corrected chi connectivity index (χ0v) is 15.9. The Morgan fingerprint density at radius 1 is 1.25 bits per heavy atom. The smallest absolute Gasteiger partial charge is 0.229 e. The fourth-order valence-corrected chi connectivity index (χ4v) is 3.61. The fraction of sp³-hybridized carbons (Fsp3) is 0.190. The van der Waals surface area contributed by atoms with E-state index in [1.807, 2.05) is 24.3 Å². The van der Waals surface area contributed by atoms with Gasteiger partial charge in [-0.2, -0.15) is 0 Å². The van der Waals surface area contributed by atoms with Gasteiger partial charge in [-0.25, -0.2) is 0 Å². The molecule has 142 valence electrons. The number of hydrogen-bond donors (Lipinski definition) is 1. The van der Waals surface area contributed by atoms with E-state index in [2.05, 4.69) is 10.3 Å². The molecule has 1 aliphatic rings. The summed E-state index contributed by atoms with van der Waals surface area (Å²) in [4.78, 5) is 31.2. The van der Waals surface area contributed by atoms with Gasteiger partial charge in [0.25, 0.3) is 0 Å². The number of amides is 2. The maximum absolute atomic E-state index is 12.8. The van der Waals surface area contributed by atoms with Crippen molar-refractivity contribution in [3.8, 4) is 5.75 Å². The Morgan fingerprint density at radius 2 is 2.11 bits per heavy atom. The Bertz CT molecular complexity index is 1070. The lowest BCUT2D eigenvalue weighted by atomic mass is 10.1. The first-order chi connectivity index (χ1) is 13.6.